The van der Waals surface area contributed by atoms with Crippen LogP contribution >= 0.6 is 0 Å². The summed E-state index contributed by atoms with van der Waals surface area (Å²) in [5, 5.41) is 0. The van der Waals surface area contributed by atoms with Gasteiger partial charge in [0.05, 0.1) is 0 Å². The lowest BCUT2D eigenvalue weighted by molar-refractivity contribution is -0.154. The minimum atomic E-state index is -0.848. The largest absolute Gasteiger partial charge is 0.351 e. The van der Waals surface area contributed by atoms with Crippen LogP contribution in [0.25, 0.3) is 0 Å². The SMILES string of the molecule is NC(=O)N1CCN(C2CC2)C(=O)C1=O. The molecule has 0 aromatic heterocycles. The van der Waals surface area contributed by atoms with Crippen LogP contribution in [0.5, 0.6) is 0 Å². The molecule has 2 rings (SSSR count). The summed E-state index contributed by atoms with van der Waals surface area (Å²) in [6.07, 6.45) is 1.91. The minimum Gasteiger partial charge on any atom is -0.351 e. The number of amides is 4. The summed E-state index contributed by atoms with van der Waals surface area (Å²) in [5.41, 5.74) is 4.95. The Balaban J connectivity index is 2.10. The maximum absolute atomic E-state index is 11.4. The highest BCUT2D eigenvalue weighted by Crippen LogP contribution is 2.28. The number of primary amides is 1. The van der Waals surface area contributed by atoms with Gasteiger partial charge in [0.25, 0.3) is 0 Å². The van der Waals surface area contributed by atoms with Crippen LogP contribution in [0.3, 0.4) is 0 Å². The fourth-order valence-electron chi connectivity index (χ4n) is 1.59. The number of nitrogens with two attached hydrogens (primary N) is 1. The fraction of sp³-hybridized carbons (Fsp3) is 0.625. The Morgan fingerprint density at radius 3 is 2.36 bits per heavy atom. The van der Waals surface area contributed by atoms with Gasteiger partial charge in [-0.05, 0) is 12.8 Å². The molecule has 1 aliphatic heterocycles. The molecule has 1 saturated carbocycles. The molecule has 0 unspecified atom stereocenters. The highest BCUT2D eigenvalue weighted by atomic mass is 16.2. The molecule has 2 fully saturated rings. The van der Waals surface area contributed by atoms with Gasteiger partial charge in [-0.25, -0.2) is 4.79 Å². The van der Waals surface area contributed by atoms with Crippen LogP contribution < -0.4 is 5.73 Å². The smallest absolute Gasteiger partial charge is 0.321 e. The minimum absolute atomic E-state index is 0.210. The number of hydrogen-bond donors (Lipinski definition) is 1. The van der Waals surface area contributed by atoms with Crippen molar-refractivity contribution >= 4 is 17.8 Å². The predicted octanol–water partition coefficient (Wildman–Crippen LogP) is -1.10. The standard InChI is InChI=1S/C8H11N3O3/c9-8(14)11-4-3-10(5-1-2-5)6(12)7(11)13/h5H,1-4H2,(H2,9,14). The van der Waals surface area contributed by atoms with Crippen LogP contribution in [0.15, 0.2) is 0 Å². The monoisotopic (exact) mass is 197 g/mol. The van der Waals surface area contributed by atoms with Crippen molar-refractivity contribution < 1.29 is 14.4 Å². The summed E-state index contributed by atoms with van der Waals surface area (Å²) in [4.78, 5) is 35.9. The van der Waals surface area contributed by atoms with Crippen molar-refractivity contribution in [1.82, 2.24) is 9.80 Å². The second kappa shape index (κ2) is 2.97. The third-order valence-corrected chi connectivity index (χ3v) is 2.51. The quantitative estimate of drug-likeness (QED) is 0.541. The lowest BCUT2D eigenvalue weighted by Crippen LogP contribution is -2.57. The molecule has 6 heteroatoms. The second-order valence-corrected chi connectivity index (χ2v) is 3.52. The number of nitrogens with zero attached hydrogens (tertiary/aromatic N) is 2. The first-order valence-corrected chi connectivity index (χ1v) is 4.53. The van der Waals surface area contributed by atoms with Crippen LogP contribution in [-0.2, 0) is 9.59 Å². The van der Waals surface area contributed by atoms with Gasteiger partial charge in [0.2, 0.25) is 0 Å². The maximum atomic E-state index is 11.4. The lowest BCUT2D eigenvalue weighted by Gasteiger charge is -2.31. The van der Waals surface area contributed by atoms with Gasteiger partial charge in [0.1, 0.15) is 0 Å². The van der Waals surface area contributed by atoms with Gasteiger partial charge in [-0.3, -0.25) is 14.5 Å². The van der Waals surface area contributed by atoms with Crippen LogP contribution in [0.4, 0.5) is 4.79 Å². The second-order valence-electron chi connectivity index (χ2n) is 3.52. The van der Waals surface area contributed by atoms with E-state index in [-0.39, 0.29) is 12.6 Å². The summed E-state index contributed by atoms with van der Waals surface area (Å²) in [7, 11) is 0. The Hall–Kier alpha value is -1.59. The van der Waals surface area contributed by atoms with Crippen molar-refractivity contribution in [2.45, 2.75) is 18.9 Å². The molecule has 1 aliphatic carbocycles. The van der Waals surface area contributed by atoms with Crippen LogP contribution in [-0.4, -0.2) is 46.8 Å². The molecule has 0 bridgehead atoms. The van der Waals surface area contributed by atoms with E-state index in [0.717, 1.165) is 17.7 Å². The van der Waals surface area contributed by atoms with Gasteiger partial charge >= 0.3 is 17.8 Å². The van der Waals surface area contributed by atoms with E-state index in [2.05, 4.69) is 0 Å². The average Bonchev–Trinajstić information content (AvgIpc) is 2.92. The first kappa shape index (κ1) is 8.98. The zero-order valence-corrected chi connectivity index (χ0v) is 7.60. The molecular formula is C8H11N3O3. The number of imide groups is 1. The van der Waals surface area contributed by atoms with Gasteiger partial charge in [-0.15, -0.1) is 0 Å². The fourth-order valence-corrected chi connectivity index (χ4v) is 1.59. The number of carbonyl (C=O) groups excluding carboxylic acids is 3. The molecule has 0 atom stereocenters. The molecule has 2 N–H and O–H groups in total. The number of rotatable bonds is 1. The highest BCUT2D eigenvalue weighted by Gasteiger charge is 2.41. The summed E-state index contributed by atoms with van der Waals surface area (Å²) < 4.78 is 0. The van der Waals surface area contributed by atoms with E-state index in [9.17, 15) is 14.4 Å². The topological polar surface area (TPSA) is 83.7 Å². The molecule has 1 heterocycles. The first-order valence-electron chi connectivity index (χ1n) is 4.53. The zero-order valence-electron chi connectivity index (χ0n) is 7.60. The van der Waals surface area contributed by atoms with Gasteiger partial charge in [-0.2, -0.15) is 0 Å². The van der Waals surface area contributed by atoms with Crippen molar-refractivity contribution in [2.24, 2.45) is 5.73 Å². The summed E-state index contributed by atoms with van der Waals surface area (Å²) in [5.74, 6) is -1.40. The summed E-state index contributed by atoms with van der Waals surface area (Å²) in [6, 6.07) is -0.639. The average molecular weight is 197 g/mol. The van der Waals surface area contributed by atoms with Crippen LogP contribution in [0, 0.1) is 0 Å². The van der Waals surface area contributed by atoms with Crippen LogP contribution in [0.2, 0.25) is 0 Å². The van der Waals surface area contributed by atoms with E-state index in [1.807, 2.05) is 0 Å². The van der Waals surface area contributed by atoms with Crippen molar-refractivity contribution in [3.8, 4) is 0 Å². The van der Waals surface area contributed by atoms with E-state index in [1.165, 1.54) is 4.90 Å². The first-order chi connectivity index (χ1) is 6.61. The lowest BCUT2D eigenvalue weighted by atomic mass is 10.3. The summed E-state index contributed by atoms with van der Waals surface area (Å²) in [6.45, 7) is 0.634. The van der Waals surface area contributed by atoms with Crippen LogP contribution in [0.1, 0.15) is 12.8 Å². The van der Waals surface area contributed by atoms with Gasteiger partial charge in [0.15, 0.2) is 0 Å². The number of carbonyl (C=O) groups is 3. The Kier molecular flexibility index (Phi) is 1.90. The Morgan fingerprint density at radius 2 is 1.86 bits per heavy atom. The van der Waals surface area contributed by atoms with Crippen molar-refractivity contribution in [1.29, 1.82) is 0 Å². The number of piperazine rings is 1. The third kappa shape index (κ3) is 1.32. The zero-order chi connectivity index (χ0) is 10.3. The molecule has 76 valence electrons. The normalized spacial score (nSPS) is 22.9. The number of hydrogen-bond acceptors (Lipinski definition) is 3. The Labute approximate surface area is 80.6 Å². The van der Waals surface area contributed by atoms with E-state index in [0.29, 0.717) is 6.54 Å². The molecule has 14 heavy (non-hydrogen) atoms. The van der Waals surface area contributed by atoms with Crippen molar-refractivity contribution in [3.05, 3.63) is 0 Å². The van der Waals surface area contributed by atoms with Crippen molar-refractivity contribution in [3.63, 3.8) is 0 Å². The van der Waals surface area contributed by atoms with Crippen molar-refractivity contribution in [2.75, 3.05) is 13.1 Å². The molecule has 0 aromatic rings. The van der Waals surface area contributed by atoms with E-state index in [4.69, 9.17) is 5.73 Å². The molecule has 4 amide bonds. The molecule has 1 saturated heterocycles. The molecule has 2 aliphatic rings. The maximum Gasteiger partial charge on any atom is 0.321 e. The third-order valence-electron chi connectivity index (χ3n) is 2.51. The molecule has 0 radical (unpaired) electrons. The van der Waals surface area contributed by atoms with E-state index >= 15 is 0 Å². The number of urea groups is 1. The molecule has 0 aromatic carbocycles. The van der Waals surface area contributed by atoms with E-state index < -0.39 is 17.8 Å². The predicted molar refractivity (Wildman–Crippen MR) is 46.0 cm³/mol. The molecule has 0 spiro atoms. The van der Waals surface area contributed by atoms with Gasteiger partial charge in [0, 0.05) is 19.1 Å². The molecule has 6 nitrogen and oxygen atoms in total. The Bertz CT molecular complexity index is 311. The Morgan fingerprint density at radius 1 is 1.21 bits per heavy atom. The van der Waals surface area contributed by atoms with Gasteiger partial charge < -0.3 is 10.6 Å². The van der Waals surface area contributed by atoms with Gasteiger partial charge in [-0.1, -0.05) is 0 Å². The van der Waals surface area contributed by atoms with E-state index in [1.54, 1.807) is 0 Å². The molecular weight excluding hydrogens is 186 g/mol. The highest BCUT2D eigenvalue weighted by molar-refractivity contribution is 6.38. The summed E-state index contributed by atoms with van der Waals surface area (Å²) >= 11 is 0.